The van der Waals surface area contributed by atoms with Gasteiger partial charge >= 0.3 is 0 Å². The Kier molecular flexibility index (Phi) is 4.17. The van der Waals surface area contributed by atoms with E-state index in [1.54, 1.807) is 12.1 Å². The van der Waals surface area contributed by atoms with E-state index in [-0.39, 0.29) is 11.9 Å². The van der Waals surface area contributed by atoms with Crippen LogP contribution in [-0.2, 0) is 0 Å². The van der Waals surface area contributed by atoms with Gasteiger partial charge in [-0.3, -0.25) is 4.79 Å². The molecule has 106 valence electrons. The largest absolute Gasteiger partial charge is 0.347 e. The molecule has 1 aliphatic heterocycles. The summed E-state index contributed by atoms with van der Waals surface area (Å²) in [4.78, 5) is 12.9. The molecule has 6 heteroatoms. The predicted molar refractivity (Wildman–Crippen MR) is 85.2 cm³/mol. The molecule has 1 saturated heterocycles. The lowest BCUT2D eigenvalue weighted by molar-refractivity contribution is 0.0935. The molecule has 1 fully saturated rings. The highest BCUT2D eigenvalue weighted by Gasteiger charge is 2.19. The van der Waals surface area contributed by atoms with E-state index in [0.29, 0.717) is 14.9 Å². The zero-order valence-electron chi connectivity index (χ0n) is 10.7. The standard InChI is InChI=1S/C14H14Cl2N2OS/c15-10-3-4-11(16)13-9(10)6-12(20-13)14(19)18-8-2-1-5-17-7-8/h3-4,6,8,17H,1-2,5,7H2,(H,18,19)/t8-/m1/s1. The van der Waals surface area contributed by atoms with E-state index in [9.17, 15) is 4.79 Å². The van der Waals surface area contributed by atoms with Crippen molar-refractivity contribution in [2.45, 2.75) is 18.9 Å². The zero-order valence-corrected chi connectivity index (χ0v) is 13.0. The first-order valence-corrected chi connectivity index (χ1v) is 8.11. The molecule has 2 aromatic rings. The quantitative estimate of drug-likeness (QED) is 0.882. The van der Waals surface area contributed by atoms with Gasteiger partial charge in [-0.05, 0) is 37.6 Å². The first-order chi connectivity index (χ1) is 9.65. The number of amides is 1. The highest BCUT2D eigenvalue weighted by atomic mass is 35.5. The van der Waals surface area contributed by atoms with E-state index in [0.717, 1.165) is 36.0 Å². The Bertz CT molecular complexity index is 611. The van der Waals surface area contributed by atoms with Gasteiger partial charge in [-0.25, -0.2) is 0 Å². The maximum absolute atomic E-state index is 12.3. The molecule has 2 N–H and O–H groups in total. The molecule has 1 aromatic heterocycles. The third-order valence-corrected chi connectivity index (χ3v) is 5.36. The summed E-state index contributed by atoms with van der Waals surface area (Å²) in [5.41, 5.74) is 0. The van der Waals surface area contributed by atoms with E-state index < -0.39 is 0 Å². The molecule has 3 rings (SSSR count). The molecule has 0 bridgehead atoms. The summed E-state index contributed by atoms with van der Waals surface area (Å²) in [5.74, 6) is -0.0490. The number of nitrogens with one attached hydrogen (secondary N) is 2. The molecule has 1 aromatic carbocycles. The van der Waals surface area contributed by atoms with Crippen LogP contribution in [0.4, 0.5) is 0 Å². The number of fused-ring (bicyclic) bond motifs is 1. The van der Waals surface area contributed by atoms with E-state index in [1.165, 1.54) is 11.3 Å². The molecular formula is C14H14Cl2N2OS. The molecule has 1 aliphatic rings. The average Bonchev–Trinajstić information content (AvgIpc) is 2.91. The summed E-state index contributed by atoms with van der Waals surface area (Å²) in [7, 11) is 0. The number of carbonyl (C=O) groups is 1. The molecular weight excluding hydrogens is 315 g/mol. The Balaban J connectivity index is 1.84. The van der Waals surface area contributed by atoms with Crippen molar-refractivity contribution in [2.75, 3.05) is 13.1 Å². The lowest BCUT2D eigenvalue weighted by Crippen LogP contribution is -2.45. The molecule has 0 radical (unpaired) electrons. The number of hydrogen-bond donors (Lipinski definition) is 2. The fourth-order valence-corrected chi connectivity index (χ4v) is 3.94. The number of hydrogen-bond acceptors (Lipinski definition) is 3. The molecule has 0 aliphatic carbocycles. The normalized spacial score (nSPS) is 19.2. The van der Waals surface area contributed by atoms with Crippen molar-refractivity contribution in [1.29, 1.82) is 0 Å². The van der Waals surface area contributed by atoms with Gasteiger partial charge in [0, 0.05) is 23.0 Å². The number of thiophene rings is 1. The number of rotatable bonds is 2. The molecule has 0 unspecified atom stereocenters. The van der Waals surface area contributed by atoms with E-state index in [4.69, 9.17) is 23.2 Å². The van der Waals surface area contributed by atoms with Crippen molar-refractivity contribution in [2.24, 2.45) is 0 Å². The minimum atomic E-state index is -0.0490. The van der Waals surface area contributed by atoms with Gasteiger partial charge in [0.1, 0.15) is 0 Å². The molecule has 2 heterocycles. The summed E-state index contributed by atoms with van der Waals surface area (Å²) in [6, 6.07) is 5.54. The monoisotopic (exact) mass is 328 g/mol. The van der Waals surface area contributed by atoms with Crippen LogP contribution in [0.25, 0.3) is 10.1 Å². The van der Waals surface area contributed by atoms with Gasteiger partial charge in [0.15, 0.2) is 0 Å². The van der Waals surface area contributed by atoms with Crippen molar-refractivity contribution >= 4 is 50.5 Å². The molecule has 20 heavy (non-hydrogen) atoms. The zero-order chi connectivity index (χ0) is 14.1. The Labute approximate surface area is 131 Å². The van der Waals surface area contributed by atoms with Crippen LogP contribution in [0.2, 0.25) is 10.0 Å². The van der Waals surface area contributed by atoms with Crippen LogP contribution >= 0.6 is 34.5 Å². The van der Waals surface area contributed by atoms with E-state index >= 15 is 0 Å². The number of benzene rings is 1. The van der Waals surface area contributed by atoms with Crippen LogP contribution < -0.4 is 10.6 Å². The van der Waals surface area contributed by atoms with E-state index in [2.05, 4.69) is 10.6 Å². The third kappa shape index (κ3) is 2.79. The average molecular weight is 329 g/mol. The van der Waals surface area contributed by atoms with Gasteiger partial charge in [-0.15, -0.1) is 11.3 Å². The lowest BCUT2D eigenvalue weighted by atomic mass is 10.1. The Morgan fingerprint density at radius 1 is 1.35 bits per heavy atom. The fourth-order valence-electron chi connectivity index (χ4n) is 2.40. The predicted octanol–water partition coefficient (Wildman–Crippen LogP) is 3.69. The van der Waals surface area contributed by atoms with Crippen LogP contribution in [0.3, 0.4) is 0 Å². The van der Waals surface area contributed by atoms with Crippen molar-refractivity contribution in [3.8, 4) is 0 Å². The SMILES string of the molecule is O=C(N[C@@H]1CCCNC1)c1cc2c(Cl)ccc(Cl)c2s1. The molecule has 1 amide bonds. The molecule has 3 nitrogen and oxygen atoms in total. The van der Waals surface area contributed by atoms with Gasteiger partial charge in [-0.1, -0.05) is 23.2 Å². The van der Waals surface area contributed by atoms with Crippen LogP contribution in [0.5, 0.6) is 0 Å². The second kappa shape index (κ2) is 5.90. The van der Waals surface area contributed by atoms with Gasteiger partial charge < -0.3 is 10.6 Å². The Hall–Kier alpha value is -0.810. The number of piperidine rings is 1. The van der Waals surface area contributed by atoms with Gasteiger partial charge in [0.2, 0.25) is 0 Å². The highest BCUT2D eigenvalue weighted by Crippen LogP contribution is 2.36. The van der Waals surface area contributed by atoms with Crippen LogP contribution in [0.15, 0.2) is 18.2 Å². The first kappa shape index (κ1) is 14.1. The summed E-state index contributed by atoms with van der Waals surface area (Å²) in [6.45, 7) is 1.86. The fraction of sp³-hybridized carbons (Fsp3) is 0.357. The summed E-state index contributed by atoms with van der Waals surface area (Å²) in [6.07, 6.45) is 2.11. The molecule has 0 saturated carbocycles. The van der Waals surface area contributed by atoms with Crippen molar-refractivity contribution in [3.63, 3.8) is 0 Å². The maximum atomic E-state index is 12.3. The summed E-state index contributed by atoms with van der Waals surface area (Å²) < 4.78 is 0.867. The maximum Gasteiger partial charge on any atom is 0.261 e. The summed E-state index contributed by atoms with van der Waals surface area (Å²) >= 11 is 13.7. The minimum absolute atomic E-state index is 0.0490. The highest BCUT2D eigenvalue weighted by molar-refractivity contribution is 7.21. The van der Waals surface area contributed by atoms with Crippen LogP contribution in [0.1, 0.15) is 22.5 Å². The number of carbonyl (C=O) groups excluding carboxylic acids is 1. The Morgan fingerprint density at radius 3 is 2.85 bits per heavy atom. The van der Waals surface area contributed by atoms with Crippen molar-refractivity contribution in [3.05, 3.63) is 33.1 Å². The lowest BCUT2D eigenvalue weighted by Gasteiger charge is -2.23. The van der Waals surface area contributed by atoms with Crippen molar-refractivity contribution in [1.82, 2.24) is 10.6 Å². The second-order valence-corrected chi connectivity index (χ2v) is 6.77. The second-order valence-electron chi connectivity index (χ2n) is 4.90. The topological polar surface area (TPSA) is 41.1 Å². The van der Waals surface area contributed by atoms with Crippen molar-refractivity contribution < 1.29 is 4.79 Å². The summed E-state index contributed by atoms with van der Waals surface area (Å²) in [5, 5.41) is 8.44. The minimum Gasteiger partial charge on any atom is -0.347 e. The molecule has 0 spiro atoms. The van der Waals surface area contributed by atoms with Gasteiger partial charge in [0.25, 0.3) is 5.91 Å². The van der Waals surface area contributed by atoms with Crippen LogP contribution in [0, 0.1) is 0 Å². The van der Waals surface area contributed by atoms with Gasteiger partial charge in [-0.2, -0.15) is 0 Å². The Morgan fingerprint density at radius 2 is 2.15 bits per heavy atom. The molecule has 1 atom stereocenters. The number of halogens is 2. The third-order valence-electron chi connectivity index (χ3n) is 3.44. The van der Waals surface area contributed by atoms with E-state index in [1.807, 2.05) is 6.07 Å². The smallest absolute Gasteiger partial charge is 0.261 e. The van der Waals surface area contributed by atoms with Gasteiger partial charge in [0.05, 0.1) is 14.6 Å². The first-order valence-electron chi connectivity index (χ1n) is 6.54. The van der Waals surface area contributed by atoms with Crippen LogP contribution in [-0.4, -0.2) is 25.0 Å².